The van der Waals surface area contributed by atoms with E-state index in [9.17, 15) is 0 Å². The van der Waals surface area contributed by atoms with Crippen LogP contribution in [0.5, 0.6) is 0 Å². The Bertz CT molecular complexity index is 168. The third kappa shape index (κ3) is 8.90. The Kier molecular flexibility index (Phi) is 10.6. The highest BCUT2D eigenvalue weighted by Gasteiger charge is 2.10. The van der Waals surface area contributed by atoms with E-state index < -0.39 is 0 Å². The maximum Gasteiger partial charge on any atom is 0.0700 e. The van der Waals surface area contributed by atoms with E-state index in [-0.39, 0.29) is 0 Å². The summed E-state index contributed by atoms with van der Waals surface area (Å²) in [5.74, 6) is 0.936. The van der Waals surface area contributed by atoms with Crippen molar-refractivity contribution in [3.05, 3.63) is 0 Å². The fraction of sp³-hybridized carbons (Fsp3) is 1.00. The summed E-state index contributed by atoms with van der Waals surface area (Å²) in [6.45, 7) is 4.68. The highest BCUT2D eigenvalue weighted by atomic mass is 16.5. The predicted molar refractivity (Wildman–Crippen MR) is 76.0 cm³/mol. The zero-order chi connectivity index (χ0) is 12.9. The zero-order valence-electron chi connectivity index (χ0n) is 12.1. The molecule has 0 atom stereocenters. The molecule has 1 aliphatic carbocycles. The van der Waals surface area contributed by atoms with Crippen LogP contribution in [0.4, 0.5) is 0 Å². The molecule has 18 heavy (non-hydrogen) atoms. The van der Waals surface area contributed by atoms with Gasteiger partial charge < -0.3 is 14.8 Å². The molecular formula is C15H31NO2. The van der Waals surface area contributed by atoms with E-state index in [1.54, 1.807) is 7.11 Å². The van der Waals surface area contributed by atoms with E-state index in [0.29, 0.717) is 6.61 Å². The van der Waals surface area contributed by atoms with Gasteiger partial charge in [0.15, 0.2) is 0 Å². The minimum atomic E-state index is 0.708. The Morgan fingerprint density at radius 1 is 0.944 bits per heavy atom. The summed E-state index contributed by atoms with van der Waals surface area (Å²) >= 11 is 0. The molecule has 0 aromatic rings. The normalized spacial score (nSPS) is 17.8. The lowest BCUT2D eigenvalue weighted by molar-refractivity contribution is 0.0688. The molecule has 0 bridgehead atoms. The Morgan fingerprint density at radius 2 is 1.72 bits per heavy atom. The molecule has 1 rings (SSSR count). The zero-order valence-corrected chi connectivity index (χ0v) is 12.1. The lowest BCUT2D eigenvalue weighted by atomic mass is 10.0. The van der Waals surface area contributed by atoms with E-state index in [4.69, 9.17) is 9.47 Å². The Hall–Kier alpha value is -0.120. The van der Waals surface area contributed by atoms with Crippen molar-refractivity contribution in [3.8, 4) is 0 Å². The van der Waals surface area contributed by atoms with Gasteiger partial charge in [-0.2, -0.15) is 0 Å². The summed E-state index contributed by atoms with van der Waals surface area (Å²) in [5.41, 5.74) is 0. The largest absolute Gasteiger partial charge is 0.382 e. The number of rotatable bonds is 10. The molecule has 1 saturated carbocycles. The Balaban J connectivity index is 1.80. The molecular weight excluding hydrogens is 226 g/mol. The molecule has 3 nitrogen and oxygen atoms in total. The van der Waals surface area contributed by atoms with Crippen molar-refractivity contribution in [1.29, 1.82) is 0 Å². The first kappa shape index (κ1) is 15.9. The summed E-state index contributed by atoms with van der Waals surface area (Å²) in [4.78, 5) is 0. The van der Waals surface area contributed by atoms with Gasteiger partial charge in [-0.15, -0.1) is 0 Å². The maximum absolute atomic E-state index is 5.43. The molecule has 3 heteroatoms. The number of unbranched alkanes of at least 4 members (excludes halogenated alkanes) is 1. The monoisotopic (exact) mass is 257 g/mol. The van der Waals surface area contributed by atoms with Crippen molar-refractivity contribution >= 4 is 0 Å². The number of methoxy groups -OCH3 is 1. The lowest BCUT2D eigenvalue weighted by Gasteiger charge is -2.14. The van der Waals surface area contributed by atoms with Crippen molar-refractivity contribution in [3.63, 3.8) is 0 Å². The molecule has 0 heterocycles. The first-order valence-electron chi connectivity index (χ1n) is 7.71. The number of hydrogen-bond donors (Lipinski definition) is 1. The van der Waals surface area contributed by atoms with Gasteiger partial charge in [0.1, 0.15) is 0 Å². The van der Waals surface area contributed by atoms with E-state index >= 15 is 0 Å². The second-order valence-corrected chi connectivity index (χ2v) is 5.37. The van der Waals surface area contributed by atoms with Crippen LogP contribution < -0.4 is 5.32 Å². The Morgan fingerprint density at radius 3 is 2.44 bits per heavy atom. The van der Waals surface area contributed by atoms with Gasteiger partial charge in [0, 0.05) is 13.7 Å². The smallest absolute Gasteiger partial charge is 0.0700 e. The number of nitrogens with one attached hydrogen (secondary N) is 1. The SMILES string of the molecule is COCCOCCCCNCC1CCCCCC1. The van der Waals surface area contributed by atoms with Crippen molar-refractivity contribution < 1.29 is 9.47 Å². The maximum atomic E-state index is 5.43. The molecule has 0 aromatic heterocycles. The number of ether oxygens (including phenoxy) is 2. The number of hydrogen-bond acceptors (Lipinski definition) is 3. The molecule has 1 fully saturated rings. The van der Waals surface area contributed by atoms with Gasteiger partial charge in [0.2, 0.25) is 0 Å². The van der Waals surface area contributed by atoms with Gasteiger partial charge in [-0.3, -0.25) is 0 Å². The van der Waals surface area contributed by atoms with Crippen LogP contribution in [0.2, 0.25) is 0 Å². The summed E-state index contributed by atoms with van der Waals surface area (Å²) < 4.78 is 10.4. The molecule has 0 unspecified atom stereocenters. The molecule has 108 valence electrons. The molecule has 1 aliphatic rings. The highest BCUT2D eigenvalue weighted by Crippen LogP contribution is 2.21. The average Bonchev–Trinajstić information content (AvgIpc) is 2.65. The lowest BCUT2D eigenvalue weighted by Crippen LogP contribution is -2.23. The third-order valence-electron chi connectivity index (χ3n) is 3.73. The van der Waals surface area contributed by atoms with Gasteiger partial charge in [0.05, 0.1) is 13.2 Å². The average molecular weight is 257 g/mol. The summed E-state index contributed by atoms with van der Waals surface area (Å²) in [6.07, 6.45) is 11.0. The third-order valence-corrected chi connectivity index (χ3v) is 3.73. The topological polar surface area (TPSA) is 30.5 Å². The van der Waals surface area contributed by atoms with Crippen molar-refractivity contribution in [2.75, 3.05) is 40.0 Å². The van der Waals surface area contributed by atoms with Crippen LogP contribution in [-0.4, -0.2) is 40.0 Å². The predicted octanol–water partition coefficient (Wildman–Crippen LogP) is 2.99. The summed E-state index contributed by atoms with van der Waals surface area (Å²) in [5, 5.41) is 3.60. The van der Waals surface area contributed by atoms with E-state index in [0.717, 1.165) is 32.1 Å². The van der Waals surface area contributed by atoms with Crippen LogP contribution in [-0.2, 0) is 9.47 Å². The highest BCUT2D eigenvalue weighted by molar-refractivity contribution is 4.66. The fourth-order valence-electron chi connectivity index (χ4n) is 2.57. The van der Waals surface area contributed by atoms with Crippen molar-refractivity contribution in [2.24, 2.45) is 5.92 Å². The minimum absolute atomic E-state index is 0.708. The van der Waals surface area contributed by atoms with Crippen LogP contribution in [0, 0.1) is 5.92 Å². The van der Waals surface area contributed by atoms with Gasteiger partial charge in [-0.1, -0.05) is 25.7 Å². The molecule has 0 aliphatic heterocycles. The van der Waals surface area contributed by atoms with Gasteiger partial charge in [-0.05, 0) is 44.7 Å². The molecule has 0 aromatic carbocycles. The van der Waals surface area contributed by atoms with Gasteiger partial charge >= 0.3 is 0 Å². The summed E-state index contributed by atoms with van der Waals surface area (Å²) in [6, 6.07) is 0. The van der Waals surface area contributed by atoms with Crippen molar-refractivity contribution in [2.45, 2.75) is 51.4 Å². The summed E-state index contributed by atoms with van der Waals surface area (Å²) in [7, 11) is 1.71. The fourth-order valence-corrected chi connectivity index (χ4v) is 2.57. The molecule has 0 saturated heterocycles. The van der Waals surface area contributed by atoms with Crippen LogP contribution in [0.15, 0.2) is 0 Å². The Labute approximate surface area is 113 Å². The van der Waals surface area contributed by atoms with Crippen LogP contribution in [0.25, 0.3) is 0 Å². The second-order valence-electron chi connectivity index (χ2n) is 5.37. The second kappa shape index (κ2) is 11.9. The van der Waals surface area contributed by atoms with Crippen LogP contribution >= 0.6 is 0 Å². The standard InChI is InChI=1S/C15H31NO2/c1-17-12-13-18-11-7-6-10-16-14-15-8-4-2-3-5-9-15/h15-16H,2-14H2,1H3. The first-order chi connectivity index (χ1) is 8.93. The van der Waals surface area contributed by atoms with Crippen LogP contribution in [0.1, 0.15) is 51.4 Å². The molecule has 0 amide bonds. The minimum Gasteiger partial charge on any atom is -0.382 e. The quantitative estimate of drug-likeness (QED) is 0.482. The van der Waals surface area contributed by atoms with E-state index in [1.165, 1.54) is 51.5 Å². The van der Waals surface area contributed by atoms with E-state index in [1.807, 2.05) is 0 Å². The van der Waals surface area contributed by atoms with E-state index in [2.05, 4.69) is 5.32 Å². The van der Waals surface area contributed by atoms with Crippen LogP contribution in [0.3, 0.4) is 0 Å². The van der Waals surface area contributed by atoms with Gasteiger partial charge in [0.25, 0.3) is 0 Å². The van der Waals surface area contributed by atoms with Gasteiger partial charge in [-0.25, -0.2) is 0 Å². The molecule has 0 radical (unpaired) electrons. The molecule has 0 spiro atoms. The first-order valence-corrected chi connectivity index (χ1v) is 7.71. The molecule has 1 N–H and O–H groups in total. The van der Waals surface area contributed by atoms with Crippen molar-refractivity contribution in [1.82, 2.24) is 5.32 Å².